The van der Waals surface area contributed by atoms with Crippen molar-refractivity contribution in [2.45, 2.75) is 13.8 Å². The zero-order valence-electron chi connectivity index (χ0n) is 13.1. The average molecular weight is 326 g/mol. The number of anilines is 1. The Labute approximate surface area is 136 Å². The first kappa shape index (κ1) is 15.6. The van der Waals surface area contributed by atoms with Gasteiger partial charge in [0.05, 0.1) is 18.2 Å². The molecular weight excluding hydrogens is 311 g/mol. The topological polar surface area (TPSA) is 88.0 Å². The first-order valence-corrected chi connectivity index (χ1v) is 7.19. The van der Waals surface area contributed by atoms with E-state index in [2.05, 4.69) is 25.5 Å². The Kier molecular flexibility index (Phi) is 4.19. The van der Waals surface area contributed by atoms with E-state index in [0.29, 0.717) is 22.5 Å². The highest BCUT2D eigenvalue weighted by molar-refractivity contribution is 5.80. The van der Waals surface area contributed by atoms with Gasteiger partial charge < -0.3 is 4.57 Å². The number of benzene rings is 1. The number of hydrogen-bond acceptors (Lipinski definition) is 5. The standard InChI is InChI=1S/C16H15FN6O/c1-10-11(2)20-16(21-15(10)24)22-19-8-12-3-4-14(13(17)7-12)23-6-5-18-9-23/h3-9H,1-2H3,(H2,20,21,22,24)/b19-8+. The highest BCUT2D eigenvalue weighted by Gasteiger charge is 2.05. The Bertz CT molecular complexity index is 946. The second kappa shape index (κ2) is 6.45. The van der Waals surface area contributed by atoms with Gasteiger partial charge in [0.25, 0.3) is 5.56 Å². The second-order valence-corrected chi connectivity index (χ2v) is 5.18. The van der Waals surface area contributed by atoms with Crippen LogP contribution >= 0.6 is 0 Å². The number of hydrazone groups is 1. The maximum Gasteiger partial charge on any atom is 0.255 e. The molecule has 3 aromatic rings. The third-order valence-electron chi connectivity index (χ3n) is 3.53. The van der Waals surface area contributed by atoms with Gasteiger partial charge in [-0.1, -0.05) is 6.07 Å². The van der Waals surface area contributed by atoms with Crippen LogP contribution in [-0.4, -0.2) is 25.7 Å². The number of H-pyrrole nitrogens is 1. The van der Waals surface area contributed by atoms with Crippen LogP contribution in [-0.2, 0) is 0 Å². The van der Waals surface area contributed by atoms with Crippen molar-refractivity contribution < 1.29 is 4.39 Å². The lowest BCUT2D eigenvalue weighted by molar-refractivity contribution is 0.618. The molecule has 0 saturated heterocycles. The van der Waals surface area contributed by atoms with Crippen molar-refractivity contribution in [2.75, 3.05) is 5.43 Å². The molecule has 0 amide bonds. The van der Waals surface area contributed by atoms with Gasteiger partial charge in [-0.05, 0) is 31.5 Å². The molecule has 2 N–H and O–H groups in total. The van der Waals surface area contributed by atoms with Crippen molar-refractivity contribution in [1.82, 2.24) is 19.5 Å². The minimum Gasteiger partial charge on any atom is -0.303 e. The summed E-state index contributed by atoms with van der Waals surface area (Å²) >= 11 is 0. The summed E-state index contributed by atoms with van der Waals surface area (Å²) in [6.07, 6.45) is 6.21. The molecule has 0 bridgehead atoms. The zero-order valence-corrected chi connectivity index (χ0v) is 13.1. The summed E-state index contributed by atoms with van der Waals surface area (Å²) in [6.45, 7) is 3.43. The van der Waals surface area contributed by atoms with Crippen molar-refractivity contribution >= 4 is 12.2 Å². The lowest BCUT2D eigenvalue weighted by atomic mass is 10.2. The molecule has 2 heterocycles. The Balaban J connectivity index is 1.76. The predicted molar refractivity (Wildman–Crippen MR) is 89.1 cm³/mol. The molecule has 8 heteroatoms. The monoisotopic (exact) mass is 326 g/mol. The van der Waals surface area contributed by atoms with E-state index in [9.17, 15) is 9.18 Å². The Hall–Kier alpha value is -3.29. The number of aromatic nitrogens is 4. The van der Waals surface area contributed by atoms with Gasteiger partial charge in [-0.15, -0.1) is 0 Å². The van der Waals surface area contributed by atoms with Gasteiger partial charge in [0.2, 0.25) is 5.95 Å². The highest BCUT2D eigenvalue weighted by atomic mass is 19.1. The average Bonchev–Trinajstić information content (AvgIpc) is 3.07. The molecule has 0 aliphatic rings. The van der Waals surface area contributed by atoms with Crippen LogP contribution in [0.4, 0.5) is 10.3 Å². The molecule has 24 heavy (non-hydrogen) atoms. The molecule has 1 aromatic carbocycles. The maximum atomic E-state index is 14.1. The summed E-state index contributed by atoms with van der Waals surface area (Å²) in [4.78, 5) is 22.3. The van der Waals surface area contributed by atoms with Crippen molar-refractivity contribution in [1.29, 1.82) is 0 Å². The van der Waals surface area contributed by atoms with Gasteiger partial charge in [-0.2, -0.15) is 5.10 Å². The highest BCUT2D eigenvalue weighted by Crippen LogP contribution is 2.14. The molecule has 7 nitrogen and oxygen atoms in total. The van der Waals surface area contributed by atoms with E-state index in [1.165, 1.54) is 18.6 Å². The minimum atomic E-state index is -0.394. The molecule has 0 atom stereocenters. The van der Waals surface area contributed by atoms with Crippen LogP contribution in [0.2, 0.25) is 0 Å². The normalized spacial score (nSPS) is 11.1. The number of rotatable bonds is 4. The molecule has 0 aliphatic heterocycles. The molecule has 0 aliphatic carbocycles. The van der Waals surface area contributed by atoms with E-state index in [1.54, 1.807) is 42.9 Å². The van der Waals surface area contributed by atoms with E-state index >= 15 is 0 Å². The fraction of sp³-hybridized carbons (Fsp3) is 0.125. The smallest absolute Gasteiger partial charge is 0.255 e. The van der Waals surface area contributed by atoms with E-state index in [4.69, 9.17) is 0 Å². The van der Waals surface area contributed by atoms with E-state index < -0.39 is 5.82 Å². The van der Waals surface area contributed by atoms with Crippen LogP contribution in [0.25, 0.3) is 5.69 Å². The summed E-state index contributed by atoms with van der Waals surface area (Å²) in [5, 5.41) is 3.96. The predicted octanol–water partition coefficient (Wildman–Crippen LogP) is 2.16. The molecule has 2 aromatic heterocycles. The van der Waals surface area contributed by atoms with Crippen molar-refractivity contribution in [3.05, 3.63) is 69.9 Å². The van der Waals surface area contributed by atoms with Crippen molar-refractivity contribution in [3.63, 3.8) is 0 Å². The Morgan fingerprint density at radius 3 is 2.88 bits per heavy atom. The fourth-order valence-corrected chi connectivity index (χ4v) is 2.08. The van der Waals surface area contributed by atoms with E-state index in [0.717, 1.165) is 0 Å². The van der Waals surface area contributed by atoms with Crippen LogP contribution in [0.15, 0.2) is 46.8 Å². The summed E-state index contributed by atoms with van der Waals surface area (Å²) in [5.41, 5.74) is 4.54. The van der Waals surface area contributed by atoms with Gasteiger partial charge >= 0.3 is 0 Å². The molecule has 3 rings (SSSR count). The lowest BCUT2D eigenvalue weighted by Crippen LogP contribution is -2.15. The Morgan fingerprint density at radius 1 is 1.38 bits per heavy atom. The Morgan fingerprint density at radius 2 is 2.21 bits per heavy atom. The molecule has 0 unspecified atom stereocenters. The van der Waals surface area contributed by atoms with Crippen LogP contribution in [0, 0.1) is 19.7 Å². The van der Waals surface area contributed by atoms with Gasteiger partial charge in [-0.25, -0.2) is 19.8 Å². The van der Waals surface area contributed by atoms with E-state index in [-0.39, 0.29) is 11.5 Å². The quantitative estimate of drug-likeness (QED) is 0.568. The number of halogens is 1. The minimum absolute atomic E-state index is 0.226. The number of aryl methyl sites for hydroxylation is 1. The summed E-state index contributed by atoms with van der Waals surface area (Å²) in [6, 6.07) is 4.71. The summed E-state index contributed by atoms with van der Waals surface area (Å²) < 4.78 is 15.7. The summed E-state index contributed by atoms with van der Waals surface area (Å²) in [5.74, 6) is -0.162. The number of aromatic amines is 1. The van der Waals surface area contributed by atoms with Crippen molar-refractivity contribution in [3.8, 4) is 5.69 Å². The molecule has 0 saturated carbocycles. The maximum absolute atomic E-state index is 14.1. The second-order valence-electron chi connectivity index (χ2n) is 5.18. The van der Waals surface area contributed by atoms with Gasteiger partial charge in [0.1, 0.15) is 5.82 Å². The third kappa shape index (κ3) is 3.22. The number of hydrogen-bond donors (Lipinski definition) is 2. The lowest BCUT2D eigenvalue weighted by Gasteiger charge is -2.05. The first-order chi connectivity index (χ1) is 11.5. The van der Waals surface area contributed by atoms with E-state index in [1.807, 2.05) is 0 Å². The van der Waals surface area contributed by atoms with Crippen LogP contribution in [0.3, 0.4) is 0 Å². The number of imidazole rings is 1. The molecule has 0 fully saturated rings. The van der Waals surface area contributed by atoms with Crippen LogP contribution in [0.1, 0.15) is 16.8 Å². The fourth-order valence-electron chi connectivity index (χ4n) is 2.08. The molecule has 0 radical (unpaired) electrons. The number of nitrogens with zero attached hydrogens (tertiary/aromatic N) is 4. The largest absolute Gasteiger partial charge is 0.303 e. The molecule has 122 valence electrons. The molecule has 0 spiro atoms. The summed E-state index contributed by atoms with van der Waals surface area (Å²) in [7, 11) is 0. The molecular formula is C16H15FN6O. The van der Waals surface area contributed by atoms with Crippen molar-refractivity contribution in [2.24, 2.45) is 5.10 Å². The SMILES string of the molecule is Cc1nc(N/N=C/c2ccc(-n3ccnc3)c(F)c2)[nH]c(=O)c1C. The van der Waals surface area contributed by atoms with Gasteiger partial charge in [0.15, 0.2) is 0 Å². The van der Waals surface area contributed by atoms with Gasteiger partial charge in [0, 0.05) is 23.7 Å². The zero-order chi connectivity index (χ0) is 17.1. The van der Waals surface area contributed by atoms with Crippen LogP contribution < -0.4 is 11.0 Å². The first-order valence-electron chi connectivity index (χ1n) is 7.19. The number of nitrogens with one attached hydrogen (secondary N) is 2. The van der Waals surface area contributed by atoms with Gasteiger partial charge in [-0.3, -0.25) is 9.78 Å². The van der Waals surface area contributed by atoms with Crippen LogP contribution in [0.5, 0.6) is 0 Å². The third-order valence-corrected chi connectivity index (χ3v) is 3.53.